The molecule has 14 heavy (non-hydrogen) atoms. The second kappa shape index (κ2) is 5.27. The number of anilines is 1. The third-order valence-corrected chi connectivity index (χ3v) is 3.12. The van der Waals surface area contributed by atoms with Crippen LogP contribution in [0.25, 0.3) is 0 Å². The van der Waals surface area contributed by atoms with Gasteiger partial charge in [0.1, 0.15) is 0 Å². The molecule has 4 nitrogen and oxygen atoms in total. The Morgan fingerprint density at radius 1 is 1.57 bits per heavy atom. The summed E-state index contributed by atoms with van der Waals surface area (Å²) in [6.07, 6.45) is 0.509. The van der Waals surface area contributed by atoms with Crippen molar-refractivity contribution in [3.63, 3.8) is 0 Å². The minimum atomic E-state index is 0.336. The average Bonchev–Trinajstić information content (AvgIpc) is 2.52. The van der Waals surface area contributed by atoms with Crippen molar-refractivity contribution in [2.45, 2.75) is 26.3 Å². The van der Waals surface area contributed by atoms with Crippen LogP contribution in [0, 0.1) is 11.3 Å². The third-order valence-electron chi connectivity index (χ3n) is 1.72. The zero-order valence-electron chi connectivity index (χ0n) is 8.07. The van der Waals surface area contributed by atoms with E-state index in [1.54, 1.807) is 0 Å². The van der Waals surface area contributed by atoms with Gasteiger partial charge in [0.25, 0.3) is 0 Å². The molecule has 0 radical (unpaired) electrons. The summed E-state index contributed by atoms with van der Waals surface area (Å²) in [5.74, 6) is 0. The molecular formula is C8H11BrN4S. The monoisotopic (exact) mass is 274 g/mol. The van der Waals surface area contributed by atoms with Crippen LogP contribution in [0.15, 0.2) is 3.92 Å². The summed E-state index contributed by atoms with van der Waals surface area (Å²) in [6, 6.07) is 2.47. The van der Waals surface area contributed by atoms with E-state index < -0.39 is 0 Å². The summed E-state index contributed by atoms with van der Waals surface area (Å²) >= 11 is 4.76. The Morgan fingerprint density at radius 3 is 2.71 bits per heavy atom. The molecule has 0 spiro atoms. The van der Waals surface area contributed by atoms with Gasteiger partial charge in [-0.25, -0.2) is 0 Å². The number of aromatic nitrogens is 2. The quantitative estimate of drug-likeness (QED) is 0.846. The molecule has 0 unspecified atom stereocenters. The van der Waals surface area contributed by atoms with Crippen LogP contribution in [0.1, 0.15) is 20.3 Å². The average molecular weight is 275 g/mol. The molecule has 0 N–H and O–H groups in total. The van der Waals surface area contributed by atoms with Crippen molar-refractivity contribution >= 4 is 32.4 Å². The van der Waals surface area contributed by atoms with Gasteiger partial charge in [-0.15, -0.1) is 10.2 Å². The second-order valence-corrected chi connectivity index (χ2v) is 5.26. The van der Waals surface area contributed by atoms with Crippen molar-refractivity contribution in [3.8, 4) is 6.07 Å². The lowest BCUT2D eigenvalue weighted by Gasteiger charge is -2.24. The predicted molar refractivity (Wildman–Crippen MR) is 60.3 cm³/mol. The van der Waals surface area contributed by atoms with Crippen LogP contribution < -0.4 is 4.90 Å². The number of hydrogen-bond donors (Lipinski definition) is 0. The number of hydrogen-bond acceptors (Lipinski definition) is 5. The van der Waals surface area contributed by atoms with Crippen LogP contribution in [0.3, 0.4) is 0 Å². The van der Waals surface area contributed by atoms with Crippen molar-refractivity contribution in [2.24, 2.45) is 0 Å². The van der Waals surface area contributed by atoms with E-state index >= 15 is 0 Å². The Hall–Kier alpha value is -0.670. The fraction of sp³-hybridized carbons (Fsp3) is 0.625. The van der Waals surface area contributed by atoms with E-state index in [0.717, 1.165) is 9.05 Å². The topological polar surface area (TPSA) is 52.8 Å². The summed E-state index contributed by atoms with van der Waals surface area (Å²) in [6.45, 7) is 4.86. The molecule has 1 aromatic heterocycles. The third kappa shape index (κ3) is 2.93. The van der Waals surface area contributed by atoms with Crippen molar-refractivity contribution in [2.75, 3.05) is 11.4 Å². The predicted octanol–water partition coefficient (Wildman–Crippen LogP) is 2.43. The summed E-state index contributed by atoms with van der Waals surface area (Å²) in [5, 5.41) is 17.3. The van der Waals surface area contributed by atoms with E-state index in [2.05, 4.69) is 50.9 Å². The highest BCUT2D eigenvalue weighted by molar-refractivity contribution is 9.11. The van der Waals surface area contributed by atoms with Gasteiger partial charge in [-0.3, -0.25) is 0 Å². The van der Waals surface area contributed by atoms with Gasteiger partial charge in [0.15, 0.2) is 3.92 Å². The van der Waals surface area contributed by atoms with Gasteiger partial charge in [0, 0.05) is 12.6 Å². The lowest BCUT2D eigenvalue weighted by Crippen LogP contribution is -2.31. The summed E-state index contributed by atoms with van der Waals surface area (Å²) in [7, 11) is 0. The first kappa shape index (κ1) is 11.4. The van der Waals surface area contributed by atoms with E-state index in [1.165, 1.54) is 11.3 Å². The highest BCUT2D eigenvalue weighted by Crippen LogP contribution is 2.25. The maximum absolute atomic E-state index is 8.53. The van der Waals surface area contributed by atoms with Crippen LogP contribution >= 0.6 is 27.3 Å². The second-order valence-electron chi connectivity index (χ2n) is 3.03. The molecule has 0 aliphatic rings. The van der Waals surface area contributed by atoms with Gasteiger partial charge in [-0.2, -0.15) is 5.26 Å². The SMILES string of the molecule is CC(C)N(CCC#N)c1nnc(Br)s1. The van der Waals surface area contributed by atoms with Gasteiger partial charge in [-0.1, -0.05) is 11.3 Å². The van der Waals surface area contributed by atoms with E-state index in [4.69, 9.17) is 5.26 Å². The molecule has 0 aromatic carbocycles. The standard InChI is InChI=1S/C8H11BrN4S/c1-6(2)13(5-3-4-10)8-12-11-7(9)14-8/h6H,3,5H2,1-2H3. The van der Waals surface area contributed by atoms with Gasteiger partial charge in [0.2, 0.25) is 5.13 Å². The number of rotatable bonds is 4. The minimum absolute atomic E-state index is 0.336. The first-order valence-electron chi connectivity index (χ1n) is 4.27. The molecule has 1 heterocycles. The Balaban J connectivity index is 2.73. The number of nitrogens with zero attached hydrogens (tertiary/aromatic N) is 4. The Morgan fingerprint density at radius 2 is 2.29 bits per heavy atom. The fourth-order valence-electron chi connectivity index (χ4n) is 1.06. The number of nitriles is 1. The Bertz CT molecular complexity index is 330. The molecule has 0 saturated heterocycles. The van der Waals surface area contributed by atoms with E-state index in [0.29, 0.717) is 19.0 Å². The normalized spacial score (nSPS) is 10.2. The van der Waals surface area contributed by atoms with Gasteiger partial charge >= 0.3 is 0 Å². The zero-order chi connectivity index (χ0) is 10.6. The van der Waals surface area contributed by atoms with Gasteiger partial charge < -0.3 is 4.90 Å². The lowest BCUT2D eigenvalue weighted by molar-refractivity contribution is 0.680. The molecule has 1 aromatic rings. The summed E-state index contributed by atoms with van der Waals surface area (Å²) in [4.78, 5) is 2.08. The minimum Gasteiger partial charge on any atom is -0.343 e. The lowest BCUT2D eigenvalue weighted by atomic mass is 10.3. The highest BCUT2D eigenvalue weighted by atomic mass is 79.9. The summed E-state index contributed by atoms with van der Waals surface area (Å²) < 4.78 is 0.773. The van der Waals surface area contributed by atoms with Crippen LogP contribution in [-0.2, 0) is 0 Å². The molecule has 0 saturated carbocycles. The molecule has 0 fully saturated rings. The number of halogens is 1. The molecule has 76 valence electrons. The smallest absolute Gasteiger partial charge is 0.209 e. The first-order chi connectivity index (χ1) is 6.65. The van der Waals surface area contributed by atoms with Crippen LogP contribution in [-0.4, -0.2) is 22.8 Å². The van der Waals surface area contributed by atoms with Crippen molar-refractivity contribution in [1.29, 1.82) is 5.26 Å². The molecule has 0 atom stereocenters. The maximum Gasteiger partial charge on any atom is 0.209 e. The zero-order valence-corrected chi connectivity index (χ0v) is 10.5. The highest BCUT2D eigenvalue weighted by Gasteiger charge is 2.14. The molecule has 1 rings (SSSR count). The molecule has 0 bridgehead atoms. The molecular weight excluding hydrogens is 264 g/mol. The van der Waals surface area contributed by atoms with Gasteiger partial charge in [0.05, 0.1) is 12.5 Å². The van der Waals surface area contributed by atoms with E-state index in [-0.39, 0.29) is 0 Å². The van der Waals surface area contributed by atoms with Crippen LogP contribution in [0.4, 0.5) is 5.13 Å². The fourth-order valence-corrected chi connectivity index (χ4v) is 2.31. The Kier molecular flexibility index (Phi) is 4.29. The van der Waals surface area contributed by atoms with Crippen LogP contribution in [0.5, 0.6) is 0 Å². The first-order valence-corrected chi connectivity index (χ1v) is 5.88. The van der Waals surface area contributed by atoms with E-state index in [1.807, 2.05) is 0 Å². The van der Waals surface area contributed by atoms with Crippen molar-refractivity contribution in [1.82, 2.24) is 10.2 Å². The molecule has 0 aliphatic carbocycles. The van der Waals surface area contributed by atoms with Gasteiger partial charge in [-0.05, 0) is 29.8 Å². The molecule has 0 aliphatic heterocycles. The molecule has 6 heteroatoms. The van der Waals surface area contributed by atoms with E-state index in [9.17, 15) is 0 Å². The Labute approximate surface area is 95.7 Å². The summed E-state index contributed by atoms with van der Waals surface area (Å²) in [5.41, 5.74) is 0. The van der Waals surface area contributed by atoms with Crippen molar-refractivity contribution < 1.29 is 0 Å². The van der Waals surface area contributed by atoms with Crippen molar-refractivity contribution in [3.05, 3.63) is 3.92 Å². The largest absolute Gasteiger partial charge is 0.343 e. The molecule has 0 amide bonds. The maximum atomic E-state index is 8.53. The van der Waals surface area contributed by atoms with Crippen LogP contribution in [0.2, 0.25) is 0 Å².